The maximum atomic E-state index is 12.4. The molecule has 0 atom stereocenters. The minimum Gasteiger partial charge on any atom is -0.486 e. The molecule has 0 amide bonds. The Hall–Kier alpha value is -1.31. The fourth-order valence-corrected chi connectivity index (χ4v) is 3.24. The van der Waals surface area contributed by atoms with Crippen LogP contribution in [0.4, 0.5) is 0 Å². The van der Waals surface area contributed by atoms with Gasteiger partial charge in [-0.2, -0.15) is 0 Å². The molecule has 0 aromatic heterocycles. The minimum atomic E-state index is -0.312. The van der Waals surface area contributed by atoms with Crippen molar-refractivity contribution in [2.45, 2.75) is 52.6 Å². The van der Waals surface area contributed by atoms with E-state index in [1.807, 2.05) is 24.3 Å². The molecule has 0 radical (unpaired) electrons. The number of ether oxygens (including phenoxy) is 1. The van der Waals surface area contributed by atoms with E-state index in [4.69, 9.17) is 4.74 Å². The van der Waals surface area contributed by atoms with E-state index in [0.29, 0.717) is 18.3 Å². The molecular formula is C17H24O2. The molecule has 2 heteroatoms. The highest BCUT2D eigenvalue weighted by Gasteiger charge is 2.41. The number of hydrogen-bond acceptors (Lipinski definition) is 2. The molecule has 19 heavy (non-hydrogen) atoms. The summed E-state index contributed by atoms with van der Waals surface area (Å²) in [6.45, 7) is 8.76. The predicted octanol–water partition coefficient (Wildman–Crippen LogP) is 4.48. The van der Waals surface area contributed by atoms with Gasteiger partial charge < -0.3 is 4.74 Å². The SMILES string of the molecule is CC(C)CC1(CC(C)C)CC(=O)c2ccccc2O1. The number of Topliss-reactive ketones (excluding diaryl/α,β-unsaturated/α-hetero) is 1. The quantitative estimate of drug-likeness (QED) is 0.797. The van der Waals surface area contributed by atoms with Gasteiger partial charge in [-0.1, -0.05) is 39.8 Å². The summed E-state index contributed by atoms with van der Waals surface area (Å²) in [7, 11) is 0. The molecule has 0 unspecified atom stereocenters. The third-order valence-corrected chi connectivity index (χ3v) is 3.56. The Kier molecular flexibility index (Phi) is 3.98. The molecule has 0 aliphatic carbocycles. The van der Waals surface area contributed by atoms with Crippen LogP contribution in [0.3, 0.4) is 0 Å². The van der Waals surface area contributed by atoms with Crippen LogP contribution in [0.2, 0.25) is 0 Å². The fourth-order valence-electron chi connectivity index (χ4n) is 3.24. The monoisotopic (exact) mass is 260 g/mol. The lowest BCUT2D eigenvalue weighted by molar-refractivity contribution is 0.0106. The lowest BCUT2D eigenvalue weighted by Crippen LogP contribution is -2.44. The molecular weight excluding hydrogens is 236 g/mol. The van der Waals surface area contributed by atoms with Crippen molar-refractivity contribution < 1.29 is 9.53 Å². The third kappa shape index (κ3) is 3.17. The molecule has 1 aromatic carbocycles. The van der Waals surface area contributed by atoms with Gasteiger partial charge in [-0.3, -0.25) is 4.79 Å². The van der Waals surface area contributed by atoms with Gasteiger partial charge in [-0.25, -0.2) is 0 Å². The van der Waals surface area contributed by atoms with Gasteiger partial charge in [0.25, 0.3) is 0 Å². The zero-order valence-electron chi connectivity index (χ0n) is 12.4. The largest absolute Gasteiger partial charge is 0.486 e. The third-order valence-electron chi connectivity index (χ3n) is 3.56. The average molecular weight is 260 g/mol. The Morgan fingerprint density at radius 3 is 2.26 bits per heavy atom. The van der Waals surface area contributed by atoms with Gasteiger partial charge in [0.05, 0.1) is 12.0 Å². The van der Waals surface area contributed by atoms with E-state index >= 15 is 0 Å². The normalized spacial score (nSPS) is 17.5. The van der Waals surface area contributed by atoms with Crippen LogP contribution in [0.5, 0.6) is 5.75 Å². The molecule has 0 fully saturated rings. The molecule has 1 heterocycles. The standard InChI is InChI=1S/C17H24O2/c1-12(2)9-17(10-13(3)4)11-15(18)14-7-5-6-8-16(14)19-17/h5-8,12-13H,9-11H2,1-4H3. The Bertz CT molecular complexity index is 450. The molecule has 0 spiro atoms. The first kappa shape index (κ1) is 14.1. The van der Waals surface area contributed by atoms with E-state index in [2.05, 4.69) is 27.7 Å². The van der Waals surface area contributed by atoms with Crippen molar-refractivity contribution in [1.29, 1.82) is 0 Å². The molecule has 1 aliphatic rings. The second-order valence-corrected chi connectivity index (χ2v) is 6.58. The number of carbonyl (C=O) groups excluding carboxylic acids is 1. The van der Waals surface area contributed by atoms with Gasteiger partial charge in [0.2, 0.25) is 0 Å². The molecule has 0 bridgehead atoms. The van der Waals surface area contributed by atoms with Crippen LogP contribution >= 0.6 is 0 Å². The number of hydrogen-bond donors (Lipinski definition) is 0. The second-order valence-electron chi connectivity index (χ2n) is 6.58. The van der Waals surface area contributed by atoms with Crippen molar-refractivity contribution >= 4 is 5.78 Å². The topological polar surface area (TPSA) is 26.3 Å². The van der Waals surface area contributed by atoms with Gasteiger partial charge in [0.1, 0.15) is 11.4 Å². The number of ketones is 1. The van der Waals surface area contributed by atoms with Crippen LogP contribution in [0.15, 0.2) is 24.3 Å². The van der Waals surface area contributed by atoms with E-state index in [-0.39, 0.29) is 11.4 Å². The minimum absolute atomic E-state index is 0.225. The zero-order valence-corrected chi connectivity index (χ0v) is 12.4. The molecule has 0 saturated carbocycles. The van der Waals surface area contributed by atoms with Crippen LogP contribution in [-0.2, 0) is 0 Å². The van der Waals surface area contributed by atoms with Gasteiger partial charge in [-0.15, -0.1) is 0 Å². The van der Waals surface area contributed by atoms with Crippen LogP contribution < -0.4 is 4.74 Å². The molecule has 0 saturated heterocycles. The van der Waals surface area contributed by atoms with Gasteiger partial charge >= 0.3 is 0 Å². The van der Waals surface area contributed by atoms with E-state index in [1.165, 1.54) is 0 Å². The highest BCUT2D eigenvalue weighted by Crippen LogP contribution is 2.40. The van der Waals surface area contributed by atoms with Gasteiger partial charge in [0, 0.05) is 0 Å². The van der Waals surface area contributed by atoms with Crippen LogP contribution in [0, 0.1) is 11.8 Å². The Morgan fingerprint density at radius 2 is 1.68 bits per heavy atom. The first-order valence-corrected chi connectivity index (χ1v) is 7.23. The summed E-state index contributed by atoms with van der Waals surface area (Å²) in [5, 5.41) is 0. The van der Waals surface area contributed by atoms with Crippen molar-refractivity contribution in [3.8, 4) is 5.75 Å². The van der Waals surface area contributed by atoms with Crippen molar-refractivity contribution in [2.75, 3.05) is 0 Å². The van der Waals surface area contributed by atoms with Crippen molar-refractivity contribution in [2.24, 2.45) is 11.8 Å². The molecule has 104 valence electrons. The summed E-state index contributed by atoms with van der Waals surface area (Å²) < 4.78 is 6.29. The summed E-state index contributed by atoms with van der Waals surface area (Å²) >= 11 is 0. The first-order valence-electron chi connectivity index (χ1n) is 7.23. The maximum Gasteiger partial charge on any atom is 0.170 e. The highest BCUT2D eigenvalue weighted by molar-refractivity contribution is 6.00. The number of benzene rings is 1. The van der Waals surface area contributed by atoms with Crippen molar-refractivity contribution in [3.05, 3.63) is 29.8 Å². The summed E-state index contributed by atoms with van der Waals surface area (Å²) in [6.07, 6.45) is 2.39. The Balaban J connectivity index is 2.34. The number of para-hydroxylation sites is 1. The van der Waals surface area contributed by atoms with Gasteiger partial charge in [0.15, 0.2) is 5.78 Å². The first-order chi connectivity index (χ1) is 8.92. The number of fused-ring (bicyclic) bond motifs is 1. The van der Waals surface area contributed by atoms with Gasteiger partial charge in [-0.05, 0) is 36.8 Å². The van der Waals surface area contributed by atoms with Crippen LogP contribution in [-0.4, -0.2) is 11.4 Å². The predicted molar refractivity (Wildman–Crippen MR) is 77.7 cm³/mol. The summed E-state index contributed by atoms with van der Waals surface area (Å²) in [6, 6.07) is 7.62. The zero-order chi connectivity index (χ0) is 14.0. The number of carbonyl (C=O) groups is 1. The summed E-state index contributed by atoms with van der Waals surface area (Å²) in [5.41, 5.74) is 0.430. The van der Waals surface area contributed by atoms with Crippen LogP contribution in [0.25, 0.3) is 0 Å². The summed E-state index contributed by atoms with van der Waals surface area (Å²) in [4.78, 5) is 12.4. The average Bonchev–Trinajstić information content (AvgIpc) is 2.26. The molecule has 1 aliphatic heterocycles. The van der Waals surface area contributed by atoms with E-state index < -0.39 is 0 Å². The fraction of sp³-hybridized carbons (Fsp3) is 0.588. The van der Waals surface area contributed by atoms with Crippen molar-refractivity contribution in [3.63, 3.8) is 0 Å². The molecule has 0 N–H and O–H groups in total. The lowest BCUT2D eigenvalue weighted by Gasteiger charge is -2.40. The Morgan fingerprint density at radius 1 is 1.11 bits per heavy atom. The molecule has 1 aromatic rings. The number of rotatable bonds is 4. The Labute approximate surface area is 116 Å². The second kappa shape index (κ2) is 5.36. The maximum absolute atomic E-state index is 12.4. The smallest absolute Gasteiger partial charge is 0.170 e. The molecule has 2 nitrogen and oxygen atoms in total. The lowest BCUT2D eigenvalue weighted by atomic mass is 9.78. The van der Waals surface area contributed by atoms with E-state index in [0.717, 1.165) is 24.2 Å². The highest BCUT2D eigenvalue weighted by atomic mass is 16.5. The van der Waals surface area contributed by atoms with E-state index in [1.54, 1.807) is 0 Å². The molecule has 2 rings (SSSR count). The van der Waals surface area contributed by atoms with E-state index in [9.17, 15) is 4.79 Å². The van der Waals surface area contributed by atoms with Crippen molar-refractivity contribution in [1.82, 2.24) is 0 Å². The van der Waals surface area contributed by atoms with Crippen LogP contribution in [0.1, 0.15) is 57.3 Å². The summed E-state index contributed by atoms with van der Waals surface area (Å²) in [5.74, 6) is 2.04.